The molecule has 238 valence electrons. The summed E-state index contributed by atoms with van der Waals surface area (Å²) in [5.74, 6) is -1.80. The molecule has 0 saturated carbocycles. The van der Waals surface area contributed by atoms with E-state index < -0.39 is 17.9 Å². The SMILES string of the molecule is CC(=O)OCC(=O)c1ccc(O)cc1.COC(=O)CBr.COC(=O)COc1ccc(C(=O)COC(C)=O)cc1.O=CO[O-].[H-].[K+].[K+]. The molecule has 0 spiro atoms. The van der Waals surface area contributed by atoms with Crippen molar-refractivity contribution in [2.45, 2.75) is 13.8 Å². The van der Waals surface area contributed by atoms with E-state index in [1.165, 1.54) is 64.5 Å². The first kappa shape index (κ1) is 50.3. The maximum atomic E-state index is 11.6. The number of aromatic hydroxyl groups is 1. The summed E-state index contributed by atoms with van der Waals surface area (Å²) >= 11 is 2.90. The molecule has 1 N–H and O–H groups in total. The number of Topliss-reactive ketones (excluding diaryl/α,β-unsaturated/α-hetero) is 2. The van der Waals surface area contributed by atoms with Gasteiger partial charge in [0.1, 0.15) is 16.8 Å². The minimum Gasteiger partial charge on any atom is -1.00 e. The summed E-state index contributed by atoms with van der Waals surface area (Å²) < 4.78 is 22.9. The maximum Gasteiger partial charge on any atom is 1.00 e. The largest absolute Gasteiger partial charge is 1.00 e. The zero-order valence-electron chi connectivity index (χ0n) is 26.6. The zero-order valence-corrected chi connectivity index (χ0v) is 33.4. The van der Waals surface area contributed by atoms with Crippen molar-refractivity contribution < 1.29 is 177 Å². The van der Waals surface area contributed by atoms with Crippen LogP contribution < -0.4 is 113 Å². The monoisotopic (exact) mass is 752 g/mol. The van der Waals surface area contributed by atoms with Crippen LogP contribution in [-0.2, 0) is 47.8 Å². The summed E-state index contributed by atoms with van der Waals surface area (Å²) in [5, 5.41) is 17.7. The molecule has 15 nitrogen and oxygen atoms in total. The number of hydrogen-bond acceptors (Lipinski definition) is 15. The van der Waals surface area contributed by atoms with E-state index in [4.69, 9.17) is 19.9 Å². The molecule has 0 amide bonds. The molecule has 0 radical (unpaired) electrons. The van der Waals surface area contributed by atoms with Gasteiger partial charge in [-0.25, -0.2) is 4.79 Å². The Hall–Kier alpha value is -1.56. The van der Waals surface area contributed by atoms with Crippen molar-refractivity contribution in [2.24, 2.45) is 0 Å². The molecular weight excluding hydrogens is 722 g/mol. The van der Waals surface area contributed by atoms with Gasteiger partial charge in [-0.2, -0.15) is 0 Å². The molecule has 0 saturated heterocycles. The topological polar surface area (TPSA) is 218 Å². The molecule has 0 unspecified atom stereocenters. The molecule has 2 rings (SSSR count). The number of ether oxygens (including phenoxy) is 5. The smallest absolute Gasteiger partial charge is 1.00 e. The number of hydrogen-bond donors (Lipinski definition) is 1. The van der Waals surface area contributed by atoms with E-state index in [1.54, 1.807) is 12.1 Å². The third-order valence-electron chi connectivity index (χ3n) is 4.14. The third-order valence-corrected chi connectivity index (χ3v) is 4.60. The summed E-state index contributed by atoms with van der Waals surface area (Å²) in [4.78, 5) is 75.9. The van der Waals surface area contributed by atoms with Gasteiger partial charge in [-0.3, -0.25) is 28.8 Å². The Morgan fingerprint density at radius 1 is 0.756 bits per heavy atom. The molecule has 0 aromatic heterocycles. The second-order valence-corrected chi connectivity index (χ2v) is 7.81. The molecule has 0 aliphatic rings. The van der Waals surface area contributed by atoms with Gasteiger partial charge in [-0.05, 0) is 48.5 Å². The fraction of sp³-hybridized carbons (Fsp3) is 0.296. The Bertz CT molecular complexity index is 1170. The van der Waals surface area contributed by atoms with E-state index >= 15 is 0 Å². The summed E-state index contributed by atoms with van der Waals surface area (Å²) in [6.07, 6.45) is 0. The van der Waals surface area contributed by atoms with Gasteiger partial charge in [0.25, 0.3) is 6.47 Å². The van der Waals surface area contributed by atoms with Crippen LogP contribution in [0.2, 0.25) is 0 Å². The molecule has 45 heavy (non-hydrogen) atoms. The van der Waals surface area contributed by atoms with E-state index in [-0.39, 0.29) is 159 Å². The van der Waals surface area contributed by atoms with Crippen LogP contribution in [0.4, 0.5) is 0 Å². The first-order chi connectivity index (χ1) is 20.3. The van der Waals surface area contributed by atoms with Gasteiger partial charge in [-0.1, -0.05) is 15.9 Å². The van der Waals surface area contributed by atoms with Crippen LogP contribution in [0.1, 0.15) is 36.0 Å². The average molecular weight is 754 g/mol. The van der Waals surface area contributed by atoms with E-state index in [0.717, 1.165) is 0 Å². The second-order valence-electron chi connectivity index (χ2n) is 7.25. The Labute approximate surface area is 354 Å². The molecule has 2 aromatic carbocycles. The van der Waals surface area contributed by atoms with Crippen LogP contribution in [0, 0.1) is 0 Å². The predicted octanol–water partition coefficient (Wildman–Crippen LogP) is -4.77. The van der Waals surface area contributed by atoms with Crippen LogP contribution in [0.15, 0.2) is 48.5 Å². The van der Waals surface area contributed by atoms with E-state index in [9.17, 15) is 28.8 Å². The molecule has 18 heteroatoms. The first-order valence-electron chi connectivity index (χ1n) is 11.6. The van der Waals surface area contributed by atoms with E-state index in [2.05, 4.69) is 39.8 Å². The number of benzene rings is 2. The van der Waals surface area contributed by atoms with Crippen LogP contribution in [0.25, 0.3) is 0 Å². The fourth-order valence-corrected chi connectivity index (χ4v) is 2.37. The van der Waals surface area contributed by atoms with Crippen LogP contribution in [0.3, 0.4) is 0 Å². The number of ketones is 2. The van der Waals surface area contributed by atoms with Crippen LogP contribution in [-0.4, -0.2) is 86.4 Å². The zero-order chi connectivity index (χ0) is 33.2. The molecule has 0 atom stereocenters. The number of alkyl halides is 1. The van der Waals surface area contributed by atoms with E-state index in [1.807, 2.05) is 0 Å². The van der Waals surface area contributed by atoms with Crippen molar-refractivity contribution in [1.82, 2.24) is 0 Å². The number of phenols is 1. The fourth-order valence-electron chi connectivity index (χ4n) is 2.14. The Morgan fingerprint density at radius 2 is 1.13 bits per heavy atom. The Kier molecular flexibility index (Phi) is 36.2. The van der Waals surface area contributed by atoms with Crippen LogP contribution in [0.5, 0.6) is 11.5 Å². The van der Waals surface area contributed by atoms with Gasteiger partial charge < -0.3 is 40.4 Å². The van der Waals surface area contributed by atoms with Crippen molar-refractivity contribution >= 4 is 57.8 Å². The third kappa shape index (κ3) is 29.6. The number of esters is 4. The standard InChI is InChI=1S/C13H14O6.C10H10O4.C3H5BrO2.CH2O3.2K.H/c1-9(14)18-7-12(15)10-3-5-11(6-4-10)19-8-13(16)17-2;1-7(11)14-6-10(13)8-2-4-9(12)5-3-8;1-6-3(5)2-4;2-1-4-3;;;/h3-6H,7-8H2,1-2H3;2-5,12H,6H2,1H3;2H2,1H3;1,3H;;;/q;;;;2*+1;-1/p-1. The molecule has 0 fully saturated rings. The normalized spacial score (nSPS) is 8.49. The summed E-state index contributed by atoms with van der Waals surface area (Å²) in [7, 11) is 2.62. The molecule has 2 aromatic rings. The van der Waals surface area contributed by atoms with Crippen molar-refractivity contribution in [3.63, 3.8) is 0 Å². The van der Waals surface area contributed by atoms with Crippen molar-refractivity contribution in [2.75, 3.05) is 39.4 Å². The van der Waals surface area contributed by atoms with Gasteiger partial charge in [0.05, 0.1) is 14.2 Å². The first-order valence-corrected chi connectivity index (χ1v) is 12.7. The summed E-state index contributed by atoms with van der Waals surface area (Å²) in [5.41, 5.74) is 0.802. The summed E-state index contributed by atoms with van der Waals surface area (Å²) in [6.45, 7) is 1.54. The average Bonchev–Trinajstić information content (AvgIpc) is 3.02. The molecule has 0 aliphatic heterocycles. The van der Waals surface area contributed by atoms with Crippen molar-refractivity contribution in [3.05, 3.63) is 59.7 Å². The number of halogens is 1. The number of phenolic OH excluding ortho intramolecular Hbond substituents is 1. The molecule has 0 heterocycles. The number of carbonyl (C=O) groups excluding carboxylic acids is 7. The molecule has 0 bridgehead atoms. The van der Waals surface area contributed by atoms with Crippen LogP contribution >= 0.6 is 15.9 Å². The van der Waals surface area contributed by atoms with Crippen molar-refractivity contribution in [3.8, 4) is 11.5 Å². The Balaban J connectivity index is -0.000000183. The van der Waals surface area contributed by atoms with Gasteiger partial charge in [0.2, 0.25) is 0 Å². The predicted molar refractivity (Wildman–Crippen MR) is 148 cm³/mol. The van der Waals surface area contributed by atoms with Gasteiger partial charge in [-0.15, -0.1) is 0 Å². The second kappa shape index (κ2) is 32.4. The number of rotatable bonds is 11. The number of carbonyl (C=O) groups is 7. The Morgan fingerprint density at radius 3 is 1.42 bits per heavy atom. The van der Waals surface area contributed by atoms with Gasteiger partial charge >= 0.3 is 127 Å². The molecular formula is C27H31BrK2O15. The molecule has 0 aliphatic carbocycles. The minimum atomic E-state index is -0.508. The quantitative estimate of drug-likeness (QED) is 0.0333. The van der Waals surface area contributed by atoms with Gasteiger partial charge in [0.15, 0.2) is 31.4 Å². The van der Waals surface area contributed by atoms with Gasteiger partial charge in [0, 0.05) is 25.0 Å². The maximum absolute atomic E-state index is 11.6. The number of methoxy groups -OCH3 is 2. The van der Waals surface area contributed by atoms with E-state index in [0.29, 0.717) is 16.9 Å². The minimum absolute atomic E-state index is 0. The van der Waals surface area contributed by atoms with Crippen molar-refractivity contribution in [1.29, 1.82) is 0 Å². The summed E-state index contributed by atoms with van der Waals surface area (Å²) in [6, 6.07) is 11.9.